The number of anilines is 2. The van der Waals surface area contributed by atoms with Crippen LogP contribution < -0.4 is 10.5 Å². The molecule has 0 saturated heterocycles. The molecule has 1 aliphatic carbocycles. The van der Waals surface area contributed by atoms with E-state index in [9.17, 15) is 9.59 Å². The van der Waals surface area contributed by atoms with Gasteiger partial charge >= 0.3 is 5.97 Å². The Morgan fingerprint density at radius 2 is 2.00 bits per heavy atom. The van der Waals surface area contributed by atoms with Crippen molar-refractivity contribution < 1.29 is 9.90 Å². The quantitative estimate of drug-likeness (QED) is 0.930. The van der Waals surface area contributed by atoms with Gasteiger partial charge in [-0.05, 0) is 37.1 Å². The number of aromatic carboxylic acids is 1. The maximum absolute atomic E-state index is 12.4. The minimum atomic E-state index is -0.974. The zero-order valence-electron chi connectivity index (χ0n) is 11.6. The molecule has 0 aliphatic heterocycles. The Kier molecular flexibility index (Phi) is 3.21. The second-order valence-corrected chi connectivity index (χ2v) is 5.11. The number of carboxylic acid groups (broad SMARTS) is 1. The number of hydrogen-bond acceptors (Lipinski definition) is 4. The van der Waals surface area contributed by atoms with Crippen LogP contribution in [0.3, 0.4) is 0 Å². The highest BCUT2D eigenvalue weighted by atomic mass is 16.4. The lowest BCUT2D eigenvalue weighted by Crippen LogP contribution is -2.27. The molecule has 1 aromatic heterocycles. The molecule has 6 heteroatoms. The average molecular weight is 285 g/mol. The molecule has 0 atom stereocenters. The molecule has 108 valence electrons. The molecule has 1 N–H and O–H groups in total. The van der Waals surface area contributed by atoms with Crippen LogP contribution in [0.1, 0.15) is 29.2 Å². The van der Waals surface area contributed by atoms with Gasteiger partial charge in [-0.2, -0.15) is 0 Å². The minimum Gasteiger partial charge on any atom is -0.478 e. The third kappa shape index (κ3) is 2.52. The van der Waals surface area contributed by atoms with Gasteiger partial charge in [-0.3, -0.25) is 4.79 Å². The van der Waals surface area contributed by atoms with Crippen LogP contribution in [0.4, 0.5) is 11.5 Å². The minimum absolute atomic E-state index is 0.121. The smallest absolute Gasteiger partial charge is 0.335 e. The predicted molar refractivity (Wildman–Crippen MR) is 78.2 cm³/mol. The first-order valence-corrected chi connectivity index (χ1v) is 6.72. The number of carbonyl (C=O) groups is 1. The lowest BCUT2D eigenvalue weighted by Gasteiger charge is -2.18. The Morgan fingerprint density at radius 1 is 1.33 bits per heavy atom. The van der Waals surface area contributed by atoms with E-state index < -0.39 is 5.97 Å². The fourth-order valence-corrected chi connectivity index (χ4v) is 2.23. The molecule has 1 saturated carbocycles. The first-order chi connectivity index (χ1) is 10.1. The summed E-state index contributed by atoms with van der Waals surface area (Å²) in [5, 5.41) is 8.90. The SMILES string of the molecule is CN(c1ccc(C(=O)O)cc1)c1nccn(C2CC2)c1=O. The van der Waals surface area contributed by atoms with Crippen LogP contribution in [0.5, 0.6) is 0 Å². The molecule has 1 fully saturated rings. The van der Waals surface area contributed by atoms with E-state index in [-0.39, 0.29) is 11.1 Å². The van der Waals surface area contributed by atoms with Gasteiger partial charge in [0.05, 0.1) is 5.56 Å². The van der Waals surface area contributed by atoms with Gasteiger partial charge in [-0.15, -0.1) is 0 Å². The summed E-state index contributed by atoms with van der Waals surface area (Å²) in [6, 6.07) is 6.65. The van der Waals surface area contributed by atoms with E-state index in [2.05, 4.69) is 4.98 Å². The summed E-state index contributed by atoms with van der Waals surface area (Å²) in [5.41, 5.74) is 0.812. The van der Waals surface area contributed by atoms with E-state index in [4.69, 9.17) is 5.11 Å². The first-order valence-electron chi connectivity index (χ1n) is 6.72. The largest absolute Gasteiger partial charge is 0.478 e. The maximum Gasteiger partial charge on any atom is 0.335 e. The molecular weight excluding hydrogens is 270 g/mol. The van der Waals surface area contributed by atoms with Crippen LogP contribution >= 0.6 is 0 Å². The van der Waals surface area contributed by atoms with E-state index >= 15 is 0 Å². The van der Waals surface area contributed by atoms with Gasteiger partial charge in [-0.1, -0.05) is 0 Å². The Labute approximate surface area is 121 Å². The second-order valence-electron chi connectivity index (χ2n) is 5.11. The van der Waals surface area contributed by atoms with Gasteiger partial charge in [-0.25, -0.2) is 9.78 Å². The van der Waals surface area contributed by atoms with Crippen molar-refractivity contribution in [2.24, 2.45) is 0 Å². The van der Waals surface area contributed by atoms with E-state index in [1.54, 1.807) is 41.0 Å². The van der Waals surface area contributed by atoms with Gasteiger partial charge in [0.2, 0.25) is 0 Å². The van der Waals surface area contributed by atoms with Crippen LogP contribution in [0.2, 0.25) is 0 Å². The highest BCUT2D eigenvalue weighted by molar-refractivity contribution is 5.88. The highest BCUT2D eigenvalue weighted by Gasteiger charge is 2.26. The van der Waals surface area contributed by atoms with Crippen molar-refractivity contribution in [1.82, 2.24) is 9.55 Å². The van der Waals surface area contributed by atoms with Gasteiger partial charge in [0, 0.05) is 31.2 Å². The zero-order valence-corrected chi connectivity index (χ0v) is 11.6. The maximum atomic E-state index is 12.4. The summed E-state index contributed by atoms with van der Waals surface area (Å²) in [6.45, 7) is 0. The summed E-state index contributed by atoms with van der Waals surface area (Å²) < 4.78 is 1.71. The third-order valence-electron chi connectivity index (χ3n) is 3.61. The van der Waals surface area contributed by atoms with Crippen LogP contribution in [-0.2, 0) is 0 Å². The van der Waals surface area contributed by atoms with Crippen molar-refractivity contribution in [3.05, 3.63) is 52.6 Å². The Bertz CT molecular complexity index is 733. The zero-order chi connectivity index (χ0) is 15.0. The standard InChI is InChI=1S/C15H15N3O3/c1-17(11-4-2-10(3-5-11)15(20)21)13-14(19)18(9-8-16-13)12-6-7-12/h2-5,8-9,12H,6-7H2,1H3,(H,20,21). The van der Waals surface area contributed by atoms with Crippen molar-refractivity contribution in [2.75, 3.05) is 11.9 Å². The summed E-state index contributed by atoms with van der Waals surface area (Å²) in [7, 11) is 1.75. The number of rotatable bonds is 4. The van der Waals surface area contributed by atoms with Crippen molar-refractivity contribution >= 4 is 17.5 Å². The van der Waals surface area contributed by atoms with Crippen molar-refractivity contribution in [2.45, 2.75) is 18.9 Å². The van der Waals surface area contributed by atoms with E-state index in [0.29, 0.717) is 11.9 Å². The van der Waals surface area contributed by atoms with Gasteiger partial charge in [0.25, 0.3) is 5.56 Å². The molecule has 0 bridgehead atoms. The van der Waals surface area contributed by atoms with Gasteiger partial charge in [0.1, 0.15) is 0 Å². The van der Waals surface area contributed by atoms with E-state index in [1.807, 2.05) is 0 Å². The van der Waals surface area contributed by atoms with Crippen LogP contribution in [0.25, 0.3) is 0 Å². The number of hydrogen-bond donors (Lipinski definition) is 1. The number of aromatic nitrogens is 2. The Hall–Kier alpha value is -2.63. The molecule has 0 radical (unpaired) electrons. The fourth-order valence-electron chi connectivity index (χ4n) is 2.23. The lowest BCUT2D eigenvalue weighted by atomic mass is 10.2. The highest BCUT2D eigenvalue weighted by Crippen LogP contribution is 2.33. The molecule has 1 heterocycles. The summed E-state index contributed by atoms with van der Waals surface area (Å²) >= 11 is 0. The molecule has 1 aliphatic rings. The molecule has 6 nitrogen and oxygen atoms in total. The van der Waals surface area contributed by atoms with E-state index in [0.717, 1.165) is 18.5 Å². The third-order valence-corrected chi connectivity index (χ3v) is 3.61. The Morgan fingerprint density at radius 3 is 2.57 bits per heavy atom. The molecule has 0 spiro atoms. The van der Waals surface area contributed by atoms with Crippen LogP contribution in [0, 0.1) is 0 Å². The normalized spacial score (nSPS) is 14.0. The van der Waals surface area contributed by atoms with Gasteiger partial charge in [0.15, 0.2) is 5.82 Å². The molecule has 21 heavy (non-hydrogen) atoms. The molecule has 0 amide bonds. The molecule has 2 aromatic rings. The molecular formula is C15H15N3O3. The number of benzene rings is 1. The number of carboxylic acids is 1. The number of nitrogens with zero attached hydrogens (tertiary/aromatic N) is 3. The van der Waals surface area contributed by atoms with Crippen molar-refractivity contribution in [3.8, 4) is 0 Å². The first kappa shape index (κ1) is 13.4. The summed E-state index contributed by atoms with van der Waals surface area (Å²) in [6.07, 6.45) is 5.39. The lowest BCUT2D eigenvalue weighted by molar-refractivity contribution is 0.0697. The fraction of sp³-hybridized carbons (Fsp3) is 0.267. The van der Waals surface area contributed by atoms with Crippen molar-refractivity contribution in [3.63, 3.8) is 0 Å². The monoisotopic (exact) mass is 285 g/mol. The molecule has 0 unspecified atom stereocenters. The topological polar surface area (TPSA) is 75.4 Å². The van der Waals surface area contributed by atoms with Gasteiger partial charge < -0.3 is 14.6 Å². The summed E-state index contributed by atoms with van der Waals surface area (Å²) in [5.74, 6) is -0.634. The van der Waals surface area contributed by atoms with Crippen molar-refractivity contribution in [1.29, 1.82) is 0 Å². The molecule has 3 rings (SSSR count). The summed E-state index contributed by atoms with van der Waals surface area (Å²) in [4.78, 5) is 29.1. The second kappa shape index (κ2) is 5.05. The Balaban J connectivity index is 1.94. The predicted octanol–water partition coefficient (Wildman–Crippen LogP) is 2.04. The van der Waals surface area contributed by atoms with Crippen LogP contribution in [0.15, 0.2) is 41.5 Å². The van der Waals surface area contributed by atoms with E-state index in [1.165, 1.54) is 12.1 Å². The van der Waals surface area contributed by atoms with Crippen LogP contribution in [-0.4, -0.2) is 27.7 Å². The molecule has 1 aromatic carbocycles. The average Bonchev–Trinajstić information content (AvgIpc) is 3.31.